The van der Waals surface area contributed by atoms with Crippen molar-refractivity contribution < 1.29 is 4.79 Å². The topological polar surface area (TPSA) is 52.0 Å². The summed E-state index contributed by atoms with van der Waals surface area (Å²) in [4.78, 5) is 29.6. The molecule has 102 valence electrons. The van der Waals surface area contributed by atoms with Gasteiger partial charge in [0.15, 0.2) is 5.82 Å². The highest BCUT2D eigenvalue weighted by atomic mass is 79.9. The van der Waals surface area contributed by atoms with Crippen LogP contribution in [0.25, 0.3) is 16.6 Å². The van der Waals surface area contributed by atoms with Gasteiger partial charge >= 0.3 is 0 Å². The number of fused-ring (bicyclic) bond motifs is 4. The minimum Gasteiger partial charge on any atom is -0.285 e. The van der Waals surface area contributed by atoms with Gasteiger partial charge in [0.1, 0.15) is 0 Å². The van der Waals surface area contributed by atoms with Crippen molar-refractivity contribution in [3.8, 4) is 5.69 Å². The third kappa shape index (κ3) is 1.69. The first-order chi connectivity index (χ1) is 10.1. The SMILES string of the molecule is O=C1c2c(Br)cc(Br)cc2-n2c1nc1ccccc1c2=O. The van der Waals surface area contributed by atoms with E-state index in [2.05, 4.69) is 36.8 Å². The van der Waals surface area contributed by atoms with Gasteiger partial charge in [0.2, 0.25) is 5.78 Å². The normalized spacial score (nSPS) is 12.6. The molecule has 6 heteroatoms. The van der Waals surface area contributed by atoms with Crippen LogP contribution in [0.2, 0.25) is 0 Å². The fraction of sp³-hybridized carbons (Fsp3) is 0. The number of ketones is 1. The number of hydrogen-bond donors (Lipinski definition) is 0. The van der Waals surface area contributed by atoms with Crippen LogP contribution in [0.3, 0.4) is 0 Å². The van der Waals surface area contributed by atoms with Crippen molar-refractivity contribution in [2.75, 3.05) is 0 Å². The van der Waals surface area contributed by atoms with Crippen molar-refractivity contribution in [2.45, 2.75) is 0 Å². The predicted molar refractivity (Wildman–Crippen MR) is 86.2 cm³/mol. The van der Waals surface area contributed by atoms with Crippen molar-refractivity contribution >= 4 is 48.5 Å². The lowest BCUT2D eigenvalue weighted by Gasteiger charge is -2.06. The van der Waals surface area contributed by atoms with Crippen LogP contribution in [0.5, 0.6) is 0 Å². The Morgan fingerprint density at radius 1 is 1.05 bits per heavy atom. The summed E-state index contributed by atoms with van der Waals surface area (Å²) >= 11 is 6.77. The van der Waals surface area contributed by atoms with Gasteiger partial charge in [-0.15, -0.1) is 0 Å². The summed E-state index contributed by atoms with van der Waals surface area (Å²) in [6.45, 7) is 0. The van der Waals surface area contributed by atoms with Gasteiger partial charge in [-0.25, -0.2) is 4.98 Å². The van der Waals surface area contributed by atoms with Gasteiger partial charge in [0, 0.05) is 8.95 Å². The minimum absolute atomic E-state index is 0.160. The van der Waals surface area contributed by atoms with E-state index in [0.717, 1.165) is 4.47 Å². The molecular formula is C15H6Br2N2O2. The molecule has 0 aliphatic carbocycles. The number of nitrogens with zero attached hydrogens (tertiary/aromatic N) is 2. The lowest BCUT2D eigenvalue weighted by Crippen LogP contribution is -2.21. The van der Waals surface area contributed by atoms with Crippen molar-refractivity contribution in [3.63, 3.8) is 0 Å². The Labute approximate surface area is 135 Å². The molecule has 2 heterocycles. The van der Waals surface area contributed by atoms with E-state index < -0.39 is 0 Å². The molecule has 0 amide bonds. The summed E-state index contributed by atoms with van der Waals surface area (Å²) in [5, 5.41) is 0.498. The van der Waals surface area contributed by atoms with Gasteiger partial charge in [-0.2, -0.15) is 0 Å². The monoisotopic (exact) mass is 404 g/mol. The maximum absolute atomic E-state index is 12.7. The zero-order chi connectivity index (χ0) is 14.7. The molecule has 4 rings (SSSR count). The van der Waals surface area contributed by atoms with E-state index in [0.29, 0.717) is 26.6 Å². The largest absolute Gasteiger partial charge is 0.285 e. The number of halogens is 2. The summed E-state index contributed by atoms with van der Waals surface area (Å²) in [7, 11) is 0. The van der Waals surface area contributed by atoms with E-state index in [4.69, 9.17) is 0 Å². The molecule has 1 aliphatic rings. The van der Waals surface area contributed by atoms with E-state index in [9.17, 15) is 9.59 Å². The molecule has 0 saturated carbocycles. The summed E-state index contributed by atoms with van der Waals surface area (Å²) < 4.78 is 2.81. The molecule has 4 nitrogen and oxygen atoms in total. The molecule has 0 saturated heterocycles. The molecule has 0 atom stereocenters. The Morgan fingerprint density at radius 2 is 1.81 bits per heavy atom. The van der Waals surface area contributed by atoms with Crippen LogP contribution in [0, 0.1) is 0 Å². The highest BCUT2D eigenvalue weighted by Gasteiger charge is 2.32. The molecule has 3 aromatic rings. The first-order valence-electron chi connectivity index (χ1n) is 6.14. The van der Waals surface area contributed by atoms with Crippen LogP contribution >= 0.6 is 31.9 Å². The van der Waals surface area contributed by atoms with E-state index >= 15 is 0 Å². The zero-order valence-electron chi connectivity index (χ0n) is 10.4. The van der Waals surface area contributed by atoms with Crippen molar-refractivity contribution in [1.82, 2.24) is 9.55 Å². The lowest BCUT2D eigenvalue weighted by atomic mass is 10.1. The van der Waals surface area contributed by atoms with Gasteiger partial charge in [-0.3, -0.25) is 14.2 Å². The number of rotatable bonds is 0. The van der Waals surface area contributed by atoms with Crippen LogP contribution in [0.1, 0.15) is 16.2 Å². The predicted octanol–water partition coefficient (Wildman–Crippen LogP) is 3.46. The standard InChI is InChI=1S/C15H6Br2N2O2/c16-7-5-9(17)12-11(6-7)19-14(13(12)20)18-10-4-2-1-3-8(10)15(19)21/h1-6H. The van der Waals surface area contributed by atoms with Crippen LogP contribution in [-0.4, -0.2) is 15.3 Å². The average molecular weight is 406 g/mol. The van der Waals surface area contributed by atoms with Crippen molar-refractivity contribution in [3.05, 3.63) is 67.1 Å². The number of para-hydroxylation sites is 1. The van der Waals surface area contributed by atoms with Gasteiger partial charge < -0.3 is 0 Å². The maximum atomic E-state index is 12.7. The molecule has 0 radical (unpaired) electrons. The van der Waals surface area contributed by atoms with Gasteiger partial charge in [0.25, 0.3) is 5.56 Å². The maximum Gasteiger partial charge on any atom is 0.266 e. The fourth-order valence-electron chi connectivity index (χ4n) is 2.58. The number of aromatic nitrogens is 2. The Kier molecular flexibility index (Phi) is 2.68. The smallest absolute Gasteiger partial charge is 0.266 e. The van der Waals surface area contributed by atoms with E-state index in [-0.39, 0.29) is 17.2 Å². The molecular weight excluding hydrogens is 400 g/mol. The van der Waals surface area contributed by atoms with Crippen LogP contribution in [-0.2, 0) is 0 Å². The molecule has 0 unspecified atom stereocenters. The second-order valence-corrected chi connectivity index (χ2v) is 6.47. The van der Waals surface area contributed by atoms with Gasteiger partial charge in [-0.05, 0) is 40.2 Å². The Bertz CT molecular complexity index is 1010. The molecule has 21 heavy (non-hydrogen) atoms. The molecule has 0 N–H and O–H groups in total. The second kappa shape index (κ2) is 4.35. The molecule has 0 bridgehead atoms. The molecule has 1 aliphatic heterocycles. The van der Waals surface area contributed by atoms with Gasteiger partial charge in [0.05, 0.1) is 22.2 Å². The van der Waals surface area contributed by atoms with E-state index in [1.807, 2.05) is 0 Å². The molecule has 1 aromatic heterocycles. The first kappa shape index (κ1) is 12.9. The summed E-state index contributed by atoms with van der Waals surface area (Å²) in [5.41, 5.74) is 1.33. The first-order valence-corrected chi connectivity index (χ1v) is 7.72. The van der Waals surface area contributed by atoms with Crippen LogP contribution in [0.4, 0.5) is 0 Å². The van der Waals surface area contributed by atoms with Crippen LogP contribution in [0.15, 0.2) is 50.1 Å². The Balaban J connectivity index is 2.22. The summed E-state index contributed by atoms with van der Waals surface area (Å²) in [6.07, 6.45) is 0. The molecule has 0 spiro atoms. The summed E-state index contributed by atoms with van der Waals surface area (Å²) in [6, 6.07) is 10.6. The molecule has 2 aromatic carbocycles. The van der Waals surface area contributed by atoms with E-state index in [1.54, 1.807) is 36.4 Å². The van der Waals surface area contributed by atoms with Gasteiger partial charge in [-0.1, -0.05) is 28.1 Å². The fourth-order valence-corrected chi connectivity index (χ4v) is 3.96. The highest BCUT2D eigenvalue weighted by molar-refractivity contribution is 9.11. The van der Waals surface area contributed by atoms with Crippen LogP contribution < -0.4 is 5.56 Å². The minimum atomic E-state index is -0.243. The third-order valence-corrected chi connectivity index (χ3v) is 4.56. The summed E-state index contributed by atoms with van der Waals surface area (Å²) in [5.74, 6) is -0.0836. The Morgan fingerprint density at radius 3 is 2.62 bits per heavy atom. The molecule has 0 fully saturated rings. The lowest BCUT2D eigenvalue weighted by molar-refractivity contribution is 0.103. The highest BCUT2D eigenvalue weighted by Crippen LogP contribution is 2.34. The number of hydrogen-bond acceptors (Lipinski definition) is 3. The number of benzene rings is 2. The van der Waals surface area contributed by atoms with E-state index in [1.165, 1.54) is 4.57 Å². The average Bonchev–Trinajstić information content (AvgIpc) is 2.72. The number of carbonyl (C=O) groups excluding carboxylic acids is 1. The second-order valence-electron chi connectivity index (χ2n) is 4.70. The zero-order valence-corrected chi connectivity index (χ0v) is 13.6. The third-order valence-electron chi connectivity index (χ3n) is 3.48. The van der Waals surface area contributed by atoms with Crippen molar-refractivity contribution in [1.29, 1.82) is 0 Å². The number of carbonyl (C=O) groups is 1. The quantitative estimate of drug-likeness (QED) is 0.450. The Hall–Kier alpha value is -1.79. The van der Waals surface area contributed by atoms with Crippen molar-refractivity contribution in [2.24, 2.45) is 0 Å².